The van der Waals surface area contributed by atoms with E-state index in [1.807, 2.05) is 46.0 Å². The molecule has 2 atom stereocenters. The standard InChI is InChI=1S/C20H18Cl2N6Se2/c21-17-5-1-15(2-6-17)19(13-27-11-9-23-25-27)29-30-20(14-28-12-10-24-26-28)16-3-7-18(22)8-4-16/h1-12,19-20H,13-14H2. The third-order valence-corrected chi connectivity index (χ3v) is 14.2. The molecule has 154 valence electrons. The van der Waals surface area contributed by atoms with E-state index in [-0.39, 0.29) is 0 Å². The van der Waals surface area contributed by atoms with Crippen LogP contribution in [0.2, 0.25) is 10.0 Å². The topological polar surface area (TPSA) is 61.4 Å². The molecule has 30 heavy (non-hydrogen) atoms. The average molecular weight is 571 g/mol. The average Bonchev–Trinajstić information content (AvgIpc) is 3.46. The van der Waals surface area contributed by atoms with Crippen LogP contribution in [0.15, 0.2) is 73.3 Å². The summed E-state index contributed by atoms with van der Waals surface area (Å²) in [5, 5.41) is 17.8. The maximum atomic E-state index is 6.11. The summed E-state index contributed by atoms with van der Waals surface area (Å²) in [6, 6.07) is 16.3. The van der Waals surface area contributed by atoms with Crippen LogP contribution in [-0.4, -0.2) is 56.3 Å². The molecule has 0 bridgehead atoms. The van der Waals surface area contributed by atoms with Gasteiger partial charge >= 0.3 is 197 Å². The summed E-state index contributed by atoms with van der Waals surface area (Å²) in [5.74, 6) is 0. The first-order valence-electron chi connectivity index (χ1n) is 9.18. The summed E-state index contributed by atoms with van der Waals surface area (Å²) in [6.07, 6.45) is 7.27. The van der Waals surface area contributed by atoms with Gasteiger partial charge in [-0.25, -0.2) is 0 Å². The van der Waals surface area contributed by atoms with Gasteiger partial charge in [-0.1, -0.05) is 0 Å². The van der Waals surface area contributed by atoms with Crippen LogP contribution in [0.25, 0.3) is 0 Å². The zero-order valence-electron chi connectivity index (χ0n) is 15.8. The second kappa shape index (κ2) is 10.6. The molecule has 10 heteroatoms. The van der Waals surface area contributed by atoms with Gasteiger partial charge in [0.1, 0.15) is 0 Å². The van der Waals surface area contributed by atoms with E-state index in [9.17, 15) is 0 Å². The number of hydrogen-bond acceptors (Lipinski definition) is 4. The molecule has 2 heterocycles. The van der Waals surface area contributed by atoms with Crippen molar-refractivity contribution in [3.8, 4) is 0 Å². The Hall–Kier alpha value is -1.66. The third kappa shape index (κ3) is 5.94. The molecular formula is C20H18Cl2N6Se2. The minimum absolute atomic E-state index is 0.359. The van der Waals surface area contributed by atoms with Gasteiger partial charge in [-0.15, -0.1) is 0 Å². The van der Waals surface area contributed by atoms with Gasteiger partial charge in [0.2, 0.25) is 0 Å². The van der Waals surface area contributed by atoms with Crippen molar-refractivity contribution in [1.82, 2.24) is 30.0 Å². The summed E-state index contributed by atoms with van der Waals surface area (Å²) in [7, 11) is 0. The Morgan fingerprint density at radius 2 is 1.07 bits per heavy atom. The van der Waals surface area contributed by atoms with Gasteiger partial charge in [-0.2, -0.15) is 0 Å². The predicted octanol–water partition coefficient (Wildman–Crippen LogP) is 3.68. The molecule has 0 spiro atoms. The van der Waals surface area contributed by atoms with Gasteiger partial charge < -0.3 is 0 Å². The Kier molecular flexibility index (Phi) is 7.61. The zero-order valence-corrected chi connectivity index (χ0v) is 20.7. The van der Waals surface area contributed by atoms with Crippen molar-refractivity contribution in [1.29, 1.82) is 0 Å². The van der Waals surface area contributed by atoms with Gasteiger partial charge in [-0.3, -0.25) is 0 Å². The van der Waals surface area contributed by atoms with E-state index in [4.69, 9.17) is 23.2 Å². The Morgan fingerprint density at radius 1 is 0.667 bits per heavy atom. The molecule has 0 aliphatic rings. The molecule has 0 saturated carbocycles. The quantitative estimate of drug-likeness (QED) is 0.288. The summed E-state index contributed by atoms with van der Waals surface area (Å²) < 4.78 is 3.82. The van der Waals surface area contributed by atoms with Crippen molar-refractivity contribution < 1.29 is 0 Å². The summed E-state index contributed by atoms with van der Waals surface area (Å²) in [5.41, 5.74) is 2.57. The fourth-order valence-electron chi connectivity index (χ4n) is 2.87. The van der Waals surface area contributed by atoms with Crippen LogP contribution < -0.4 is 0 Å². The van der Waals surface area contributed by atoms with Crippen LogP contribution in [0.4, 0.5) is 0 Å². The predicted molar refractivity (Wildman–Crippen MR) is 120 cm³/mol. The fourth-order valence-corrected chi connectivity index (χ4v) is 12.4. The SMILES string of the molecule is Clc1ccc(C(Cn2ccnn2)[Se][Se]C(Cn2ccnn2)c2ccc(Cl)cc2)cc1. The summed E-state index contributed by atoms with van der Waals surface area (Å²) in [4.78, 5) is 0.754. The Balaban J connectivity index is 1.54. The van der Waals surface area contributed by atoms with Crippen LogP contribution in [0.1, 0.15) is 20.8 Å². The molecule has 0 radical (unpaired) electrons. The van der Waals surface area contributed by atoms with Crippen LogP contribution in [-0.2, 0) is 13.1 Å². The summed E-state index contributed by atoms with van der Waals surface area (Å²) in [6.45, 7) is 1.61. The number of aromatic nitrogens is 6. The van der Waals surface area contributed by atoms with Crippen molar-refractivity contribution in [2.75, 3.05) is 0 Å². The van der Waals surface area contributed by atoms with Gasteiger partial charge in [0.15, 0.2) is 0 Å². The first kappa shape index (κ1) is 21.6. The number of nitrogens with zero attached hydrogens (tertiary/aromatic N) is 6. The van der Waals surface area contributed by atoms with E-state index < -0.39 is 0 Å². The van der Waals surface area contributed by atoms with Crippen molar-refractivity contribution in [3.05, 3.63) is 94.5 Å². The van der Waals surface area contributed by atoms with Crippen LogP contribution in [0, 0.1) is 0 Å². The first-order valence-corrected chi connectivity index (χ1v) is 16.3. The molecule has 0 aliphatic carbocycles. The second-order valence-electron chi connectivity index (χ2n) is 6.52. The Labute approximate surface area is 195 Å². The van der Waals surface area contributed by atoms with Crippen LogP contribution >= 0.6 is 23.2 Å². The van der Waals surface area contributed by atoms with E-state index in [1.165, 1.54) is 11.1 Å². The number of halogens is 2. The monoisotopic (exact) mass is 572 g/mol. The molecule has 2 aromatic heterocycles. The fraction of sp³-hybridized carbons (Fsp3) is 0.200. The molecule has 0 saturated heterocycles. The van der Waals surface area contributed by atoms with E-state index in [0.717, 1.165) is 23.1 Å². The first-order chi connectivity index (χ1) is 14.7. The van der Waals surface area contributed by atoms with E-state index in [2.05, 4.69) is 44.9 Å². The Morgan fingerprint density at radius 3 is 1.40 bits per heavy atom. The van der Waals surface area contributed by atoms with Gasteiger partial charge in [0.25, 0.3) is 0 Å². The third-order valence-electron chi connectivity index (χ3n) is 4.42. The van der Waals surface area contributed by atoms with Crippen LogP contribution in [0.3, 0.4) is 0 Å². The molecule has 0 amide bonds. The zero-order chi connectivity index (χ0) is 20.8. The molecule has 4 rings (SSSR count). The molecule has 6 nitrogen and oxygen atoms in total. The van der Waals surface area contributed by atoms with Crippen molar-refractivity contribution >= 4 is 49.5 Å². The number of rotatable bonds is 9. The van der Waals surface area contributed by atoms with Crippen molar-refractivity contribution in [3.63, 3.8) is 0 Å². The van der Waals surface area contributed by atoms with E-state index >= 15 is 0 Å². The van der Waals surface area contributed by atoms with Crippen LogP contribution in [0.5, 0.6) is 0 Å². The molecule has 2 unspecified atom stereocenters. The number of hydrogen-bond donors (Lipinski definition) is 0. The second-order valence-corrected chi connectivity index (χ2v) is 14.8. The molecule has 2 aromatic carbocycles. The maximum absolute atomic E-state index is 6.11. The molecule has 0 N–H and O–H groups in total. The normalized spacial score (nSPS) is 13.3. The van der Waals surface area contributed by atoms with E-state index in [0.29, 0.717) is 35.9 Å². The molecule has 0 fully saturated rings. The molecular weight excluding hydrogens is 553 g/mol. The van der Waals surface area contributed by atoms with Gasteiger partial charge in [-0.05, 0) is 0 Å². The number of benzene rings is 2. The minimum atomic E-state index is 0.359. The van der Waals surface area contributed by atoms with E-state index in [1.54, 1.807) is 12.4 Å². The molecule has 0 aliphatic heterocycles. The van der Waals surface area contributed by atoms with Crippen molar-refractivity contribution in [2.45, 2.75) is 22.7 Å². The summed E-state index contributed by atoms with van der Waals surface area (Å²) >= 11 is 12.9. The molecule has 4 aromatic rings. The van der Waals surface area contributed by atoms with Gasteiger partial charge in [0.05, 0.1) is 0 Å². The van der Waals surface area contributed by atoms with Gasteiger partial charge in [0, 0.05) is 0 Å². The van der Waals surface area contributed by atoms with Crippen molar-refractivity contribution in [2.24, 2.45) is 0 Å². The Bertz CT molecular complexity index is 939.